The molecule has 2 aromatic rings. The topological polar surface area (TPSA) is 58.6 Å². The summed E-state index contributed by atoms with van der Waals surface area (Å²) in [6.45, 7) is 2.71. The molecule has 1 unspecified atom stereocenters. The van der Waals surface area contributed by atoms with E-state index in [4.69, 9.17) is 4.74 Å². The Morgan fingerprint density at radius 2 is 1.85 bits per heavy atom. The lowest BCUT2D eigenvalue weighted by Crippen LogP contribution is -2.34. The van der Waals surface area contributed by atoms with Crippen LogP contribution >= 0.6 is 0 Å². The van der Waals surface area contributed by atoms with Crippen LogP contribution in [0.1, 0.15) is 41.7 Å². The van der Waals surface area contributed by atoms with Crippen molar-refractivity contribution >= 4 is 17.7 Å². The maximum Gasteiger partial charge on any atom is 0.338 e. The van der Waals surface area contributed by atoms with Crippen LogP contribution in [0.3, 0.4) is 0 Å². The van der Waals surface area contributed by atoms with E-state index in [9.17, 15) is 14.0 Å². The third-order valence-corrected chi connectivity index (χ3v) is 4.42. The zero-order valence-corrected chi connectivity index (χ0v) is 14.6. The minimum atomic E-state index is -0.388. The van der Waals surface area contributed by atoms with Crippen LogP contribution in [0.15, 0.2) is 48.5 Å². The molecule has 0 bridgehead atoms. The van der Waals surface area contributed by atoms with Gasteiger partial charge in [0.25, 0.3) is 0 Å². The lowest BCUT2D eigenvalue weighted by molar-refractivity contribution is 0.0526. The molecule has 2 aromatic carbocycles. The number of halogens is 1. The minimum Gasteiger partial charge on any atom is -0.462 e. The number of urea groups is 1. The number of ether oxygens (including phenoxy) is 1. The zero-order valence-electron chi connectivity index (χ0n) is 14.6. The Bertz CT molecular complexity index is 775. The monoisotopic (exact) mass is 356 g/mol. The predicted molar refractivity (Wildman–Crippen MR) is 96.5 cm³/mol. The van der Waals surface area contributed by atoms with Gasteiger partial charge in [0.1, 0.15) is 5.82 Å². The number of nitrogens with zero attached hydrogens (tertiary/aromatic N) is 1. The Morgan fingerprint density at radius 1 is 1.15 bits per heavy atom. The van der Waals surface area contributed by atoms with Gasteiger partial charge in [-0.15, -0.1) is 0 Å². The summed E-state index contributed by atoms with van der Waals surface area (Å²) in [5, 5.41) is 2.85. The van der Waals surface area contributed by atoms with Gasteiger partial charge in [0.2, 0.25) is 0 Å². The van der Waals surface area contributed by atoms with Gasteiger partial charge in [-0.2, -0.15) is 0 Å². The van der Waals surface area contributed by atoms with Crippen LogP contribution in [0.25, 0.3) is 0 Å². The number of benzene rings is 2. The average Bonchev–Trinajstić information content (AvgIpc) is 3.13. The van der Waals surface area contributed by atoms with Gasteiger partial charge in [-0.3, -0.25) is 0 Å². The highest BCUT2D eigenvalue weighted by molar-refractivity contribution is 5.92. The second kappa shape index (κ2) is 7.99. The fraction of sp³-hybridized carbons (Fsp3) is 0.300. The molecule has 1 saturated heterocycles. The van der Waals surface area contributed by atoms with E-state index >= 15 is 0 Å². The van der Waals surface area contributed by atoms with Crippen molar-refractivity contribution in [3.05, 3.63) is 65.5 Å². The van der Waals surface area contributed by atoms with Crippen molar-refractivity contribution in [3.63, 3.8) is 0 Å². The number of anilines is 1. The number of carbonyl (C=O) groups is 2. The Morgan fingerprint density at radius 3 is 2.50 bits per heavy atom. The summed E-state index contributed by atoms with van der Waals surface area (Å²) >= 11 is 0. The van der Waals surface area contributed by atoms with Gasteiger partial charge >= 0.3 is 12.0 Å². The first-order valence-electron chi connectivity index (χ1n) is 8.68. The largest absolute Gasteiger partial charge is 0.462 e. The van der Waals surface area contributed by atoms with Gasteiger partial charge in [-0.05, 0) is 61.7 Å². The maximum atomic E-state index is 13.1. The molecule has 136 valence electrons. The molecule has 6 heteroatoms. The molecule has 0 aromatic heterocycles. The highest BCUT2D eigenvalue weighted by Crippen LogP contribution is 2.32. The third kappa shape index (κ3) is 4.02. The third-order valence-electron chi connectivity index (χ3n) is 4.42. The van der Waals surface area contributed by atoms with Crippen molar-refractivity contribution in [2.24, 2.45) is 0 Å². The van der Waals surface area contributed by atoms with Gasteiger partial charge in [0.05, 0.1) is 18.2 Å². The van der Waals surface area contributed by atoms with Crippen molar-refractivity contribution < 1.29 is 18.7 Å². The SMILES string of the molecule is CCOC(=O)c1ccc(NC(=O)N2CCCC2c2ccc(F)cc2)cc1. The van der Waals surface area contributed by atoms with Crippen LogP contribution in [-0.4, -0.2) is 30.1 Å². The first-order valence-corrected chi connectivity index (χ1v) is 8.68. The summed E-state index contributed by atoms with van der Waals surface area (Å²) in [4.78, 5) is 26.1. The molecule has 5 nitrogen and oxygen atoms in total. The molecule has 3 rings (SSSR count). The van der Waals surface area contributed by atoms with Gasteiger partial charge < -0.3 is 15.0 Å². The molecule has 1 aliphatic rings. The highest BCUT2D eigenvalue weighted by atomic mass is 19.1. The number of nitrogens with one attached hydrogen (secondary N) is 1. The number of rotatable bonds is 4. The second-order valence-electron chi connectivity index (χ2n) is 6.13. The molecule has 1 aliphatic heterocycles. The molecule has 0 aliphatic carbocycles. The van der Waals surface area contributed by atoms with Gasteiger partial charge in [0.15, 0.2) is 0 Å². The number of carbonyl (C=O) groups excluding carboxylic acids is 2. The summed E-state index contributed by atoms with van der Waals surface area (Å²) in [5.74, 6) is -0.675. The van der Waals surface area contributed by atoms with Gasteiger partial charge in [-0.25, -0.2) is 14.0 Å². The Balaban J connectivity index is 1.67. The van der Waals surface area contributed by atoms with Crippen molar-refractivity contribution in [1.82, 2.24) is 4.90 Å². The summed E-state index contributed by atoms with van der Waals surface area (Å²) in [6, 6.07) is 12.6. The quantitative estimate of drug-likeness (QED) is 0.828. The van der Waals surface area contributed by atoms with Crippen molar-refractivity contribution in [2.45, 2.75) is 25.8 Å². The number of hydrogen-bond donors (Lipinski definition) is 1. The van der Waals surface area contributed by atoms with Crippen LogP contribution in [0.4, 0.5) is 14.9 Å². The zero-order chi connectivity index (χ0) is 18.5. The predicted octanol–water partition coefficient (Wildman–Crippen LogP) is 4.37. The molecule has 26 heavy (non-hydrogen) atoms. The standard InChI is InChI=1S/C20H21FN2O3/c1-2-26-19(24)15-7-11-17(12-8-15)22-20(25)23-13-3-4-18(23)14-5-9-16(21)10-6-14/h5-12,18H,2-4,13H2,1H3,(H,22,25). The average molecular weight is 356 g/mol. The van der Waals surface area contributed by atoms with E-state index in [1.54, 1.807) is 48.2 Å². The van der Waals surface area contributed by atoms with E-state index in [-0.39, 0.29) is 23.9 Å². The van der Waals surface area contributed by atoms with E-state index < -0.39 is 0 Å². The number of hydrogen-bond acceptors (Lipinski definition) is 3. The molecular weight excluding hydrogens is 335 g/mol. The van der Waals surface area contributed by atoms with E-state index in [2.05, 4.69) is 5.32 Å². The lowest BCUT2D eigenvalue weighted by Gasteiger charge is -2.25. The summed E-state index contributed by atoms with van der Waals surface area (Å²) in [5.41, 5.74) is 1.97. The normalized spacial score (nSPS) is 16.4. The molecule has 2 amide bonds. The van der Waals surface area contributed by atoms with Gasteiger partial charge in [0, 0.05) is 12.2 Å². The smallest absolute Gasteiger partial charge is 0.338 e. The first kappa shape index (κ1) is 17.9. The Labute approximate surface area is 151 Å². The van der Waals surface area contributed by atoms with Crippen LogP contribution in [0, 0.1) is 5.82 Å². The molecule has 1 heterocycles. The van der Waals surface area contributed by atoms with Crippen LogP contribution < -0.4 is 5.32 Å². The number of amides is 2. The van der Waals surface area contributed by atoms with Crippen LogP contribution in [0.2, 0.25) is 0 Å². The van der Waals surface area contributed by atoms with Crippen LogP contribution in [0.5, 0.6) is 0 Å². The van der Waals surface area contributed by atoms with E-state index in [0.717, 1.165) is 18.4 Å². The fourth-order valence-electron chi connectivity index (χ4n) is 3.14. The number of esters is 1. The van der Waals surface area contributed by atoms with Crippen molar-refractivity contribution in [1.29, 1.82) is 0 Å². The molecule has 0 spiro atoms. The maximum absolute atomic E-state index is 13.1. The molecule has 1 atom stereocenters. The molecular formula is C20H21FN2O3. The fourth-order valence-corrected chi connectivity index (χ4v) is 3.14. The van der Waals surface area contributed by atoms with E-state index in [1.165, 1.54) is 12.1 Å². The molecule has 1 N–H and O–H groups in total. The van der Waals surface area contributed by atoms with Crippen LogP contribution in [-0.2, 0) is 4.74 Å². The Kier molecular flexibility index (Phi) is 5.51. The second-order valence-corrected chi connectivity index (χ2v) is 6.13. The first-order chi connectivity index (χ1) is 12.6. The number of likely N-dealkylation sites (tertiary alicyclic amines) is 1. The van der Waals surface area contributed by atoms with Crippen molar-refractivity contribution in [3.8, 4) is 0 Å². The molecule has 1 fully saturated rings. The van der Waals surface area contributed by atoms with E-state index in [1.807, 2.05) is 0 Å². The Hall–Kier alpha value is -2.89. The summed E-state index contributed by atoms with van der Waals surface area (Å²) in [6.07, 6.45) is 1.75. The van der Waals surface area contributed by atoms with Crippen molar-refractivity contribution in [2.75, 3.05) is 18.5 Å². The van der Waals surface area contributed by atoms with Gasteiger partial charge in [-0.1, -0.05) is 12.1 Å². The molecule has 0 saturated carbocycles. The van der Waals surface area contributed by atoms with E-state index in [0.29, 0.717) is 24.4 Å². The summed E-state index contributed by atoms with van der Waals surface area (Å²) in [7, 11) is 0. The minimum absolute atomic E-state index is 0.0607. The summed E-state index contributed by atoms with van der Waals surface area (Å²) < 4.78 is 18.1. The highest BCUT2D eigenvalue weighted by Gasteiger charge is 2.30. The lowest BCUT2D eigenvalue weighted by atomic mass is 10.0. The molecule has 0 radical (unpaired) electrons.